The summed E-state index contributed by atoms with van der Waals surface area (Å²) in [5.74, 6) is 0.587. The lowest BCUT2D eigenvalue weighted by Crippen LogP contribution is -2.40. The molecular weight excluding hydrogens is 526 g/mol. The molecule has 0 amide bonds. The number of carbonyl (C=O) groups excluding carboxylic acids is 1. The molecule has 0 saturated carbocycles. The largest absolute Gasteiger partial charge is 0.497 e. The van der Waals surface area contributed by atoms with Gasteiger partial charge in [-0.1, -0.05) is 72.0 Å². The van der Waals surface area contributed by atoms with Gasteiger partial charge in [-0.25, -0.2) is 9.79 Å². The van der Waals surface area contributed by atoms with E-state index in [-0.39, 0.29) is 24.3 Å². The Kier molecular flexibility index (Phi) is 7.89. The molecule has 5 rings (SSSR count). The summed E-state index contributed by atoms with van der Waals surface area (Å²) in [5.41, 5.74) is 2.50. The van der Waals surface area contributed by atoms with E-state index in [0.717, 1.165) is 5.56 Å². The van der Waals surface area contributed by atoms with Crippen LogP contribution >= 0.6 is 11.3 Å². The van der Waals surface area contributed by atoms with Crippen LogP contribution in [0.25, 0.3) is 11.8 Å². The second-order valence-corrected chi connectivity index (χ2v) is 9.70. The van der Waals surface area contributed by atoms with Crippen molar-refractivity contribution >= 4 is 29.1 Å². The van der Waals surface area contributed by atoms with Crippen LogP contribution in [0.4, 0.5) is 0 Å². The standard InChI is InChI=1S/C31H25N3O5S/c1-3-38-30(36)26-27(20-9-5-4-6-10-20)33-31-34(28(26)21-13-15-23(37-2)16-14-21)29(35)25(40-31)19-22-11-7-8-12-24(22)39-18-17-32/h4-16,19,28H,3,18H2,1-2H3/b25-19-/t28-/m0/s1. The number of rotatable bonds is 8. The van der Waals surface area contributed by atoms with Gasteiger partial charge in [-0.05, 0) is 36.8 Å². The van der Waals surface area contributed by atoms with Gasteiger partial charge in [0.25, 0.3) is 5.56 Å². The fourth-order valence-corrected chi connectivity index (χ4v) is 5.52. The summed E-state index contributed by atoms with van der Waals surface area (Å²) in [5, 5.41) is 8.96. The smallest absolute Gasteiger partial charge is 0.338 e. The van der Waals surface area contributed by atoms with Crippen molar-refractivity contribution in [1.82, 2.24) is 4.57 Å². The molecule has 0 saturated heterocycles. The van der Waals surface area contributed by atoms with Crippen LogP contribution < -0.4 is 24.4 Å². The van der Waals surface area contributed by atoms with E-state index >= 15 is 0 Å². The minimum atomic E-state index is -0.788. The Hall–Kier alpha value is -4.94. The highest BCUT2D eigenvalue weighted by molar-refractivity contribution is 7.07. The maximum Gasteiger partial charge on any atom is 0.338 e. The van der Waals surface area contributed by atoms with Crippen LogP contribution in [-0.2, 0) is 9.53 Å². The topological polar surface area (TPSA) is 103 Å². The number of ether oxygens (including phenoxy) is 3. The number of benzene rings is 3. The third-order valence-corrected chi connectivity index (χ3v) is 7.29. The monoisotopic (exact) mass is 551 g/mol. The van der Waals surface area contributed by atoms with Crippen LogP contribution in [0.3, 0.4) is 0 Å². The Labute approximate surface area is 234 Å². The van der Waals surface area contributed by atoms with Crippen LogP contribution in [0.15, 0.2) is 94.2 Å². The minimum absolute atomic E-state index is 0.118. The lowest BCUT2D eigenvalue weighted by Gasteiger charge is -2.26. The molecule has 0 radical (unpaired) electrons. The number of esters is 1. The van der Waals surface area contributed by atoms with E-state index in [2.05, 4.69) is 0 Å². The van der Waals surface area contributed by atoms with Crippen LogP contribution in [0.5, 0.6) is 11.5 Å². The molecule has 40 heavy (non-hydrogen) atoms. The quantitative estimate of drug-likeness (QED) is 0.308. The molecule has 0 fully saturated rings. The Morgan fingerprint density at radius 3 is 2.50 bits per heavy atom. The molecule has 1 aliphatic heterocycles. The molecule has 1 aliphatic rings. The molecular formula is C31H25N3O5S. The van der Waals surface area contributed by atoms with E-state index in [4.69, 9.17) is 24.5 Å². The van der Waals surface area contributed by atoms with Crippen molar-refractivity contribution in [3.8, 4) is 17.6 Å². The van der Waals surface area contributed by atoms with E-state index in [1.807, 2.05) is 60.7 Å². The van der Waals surface area contributed by atoms with E-state index in [1.165, 1.54) is 15.9 Å². The van der Waals surface area contributed by atoms with Crippen molar-refractivity contribution in [2.75, 3.05) is 20.3 Å². The fourth-order valence-electron chi connectivity index (χ4n) is 4.52. The molecule has 3 aromatic carbocycles. The predicted molar refractivity (Wildman–Crippen MR) is 152 cm³/mol. The summed E-state index contributed by atoms with van der Waals surface area (Å²) in [6, 6.07) is 25.0. The van der Waals surface area contributed by atoms with Gasteiger partial charge in [0, 0.05) is 11.1 Å². The lowest BCUT2D eigenvalue weighted by molar-refractivity contribution is -0.138. The van der Waals surface area contributed by atoms with Crippen LogP contribution in [0, 0.1) is 11.3 Å². The number of methoxy groups -OCH3 is 1. The number of thiazole rings is 1. The van der Waals surface area contributed by atoms with Gasteiger partial charge in [0.05, 0.1) is 35.6 Å². The van der Waals surface area contributed by atoms with Gasteiger partial charge in [0.15, 0.2) is 11.4 Å². The summed E-state index contributed by atoms with van der Waals surface area (Å²) < 4.78 is 18.3. The first-order chi connectivity index (χ1) is 19.5. The number of carbonyl (C=O) groups is 1. The predicted octanol–water partition coefficient (Wildman–Crippen LogP) is 3.85. The number of para-hydroxylation sites is 1. The summed E-state index contributed by atoms with van der Waals surface area (Å²) in [6.07, 6.45) is 1.72. The summed E-state index contributed by atoms with van der Waals surface area (Å²) in [4.78, 5) is 32.8. The number of nitrogens with zero attached hydrogens (tertiary/aromatic N) is 3. The lowest BCUT2D eigenvalue weighted by atomic mass is 9.93. The molecule has 0 unspecified atom stereocenters. The number of aromatic nitrogens is 1. The van der Waals surface area contributed by atoms with Gasteiger partial charge < -0.3 is 14.2 Å². The molecule has 2 heterocycles. The van der Waals surface area contributed by atoms with E-state index in [1.54, 1.807) is 44.4 Å². The van der Waals surface area contributed by atoms with Gasteiger partial charge in [-0.2, -0.15) is 5.26 Å². The molecule has 0 spiro atoms. The summed E-state index contributed by atoms with van der Waals surface area (Å²) in [7, 11) is 1.58. The number of hydrogen-bond acceptors (Lipinski definition) is 8. The van der Waals surface area contributed by atoms with E-state index in [9.17, 15) is 9.59 Å². The summed E-state index contributed by atoms with van der Waals surface area (Å²) in [6.45, 7) is 1.79. The van der Waals surface area contributed by atoms with Gasteiger partial charge in [-0.15, -0.1) is 0 Å². The Morgan fingerprint density at radius 2 is 1.80 bits per heavy atom. The zero-order valence-electron chi connectivity index (χ0n) is 21.9. The Balaban J connectivity index is 1.79. The van der Waals surface area contributed by atoms with Gasteiger partial charge in [0.1, 0.15) is 17.6 Å². The molecule has 4 aromatic rings. The second kappa shape index (κ2) is 11.8. The third kappa shape index (κ3) is 5.17. The van der Waals surface area contributed by atoms with Gasteiger partial charge in [0.2, 0.25) is 0 Å². The van der Waals surface area contributed by atoms with Crippen molar-refractivity contribution in [2.24, 2.45) is 4.99 Å². The third-order valence-electron chi connectivity index (χ3n) is 6.30. The van der Waals surface area contributed by atoms with Gasteiger partial charge >= 0.3 is 5.97 Å². The molecule has 200 valence electrons. The second-order valence-electron chi connectivity index (χ2n) is 8.69. The van der Waals surface area contributed by atoms with Crippen molar-refractivity contribution in [2.45, 2.75) is 13.0 Å². The Bertz CT molecular complexity index is 1800. The fraction of sp³-hybridized carbons (Fsp3) is 0.161. The minimum Gasteiger partial charge on any atom is -0.497 e. The van der Waals surface area contributed by atoms with Crippen LogP contribution in [0.1, 0.15) is 29.7 Å². The zero-order chi connectivity index (χ0) is 28.1. The normalized spacial score (nSPS) is 14.6. The van der Waals surface area contributed by atoms with Crippen molar-refractivity contribution < 1.29 is 19.0 Å². The highest BCUT2D eigenvalue weighted by Gasteiger charge is 2.35. The number of hydrogen-bond donors (Lipinski definition) is 0. The molecule has 0 N–H and O–H groups in total. The molecule has 9 heteroatoms. The SMILES string of the molecule is CCOC(=O)C1=C(c2ccccc2)N=c2s/c(=C\c3ccccc3OCC#N)c(=O)n2[C@H]1c1ccc(OC)cc1. The summed E-state index contributed by atoms with van der Waals surface area (Å²) >= 11 is 1.22. The average molecular weight is 552 g/mol. The number of fused-ring (bicyclic) bond motifs is 1. The molecule has 0 bridgehead atoms. The van der Waals surface area contributed by atoms with Gasteiger partial charge in [-0.3, -0.25) is 9.36 Å². The highest BCUT2D eigenvalue weighted by atomic mass is 32.1. The maximum atomic E-state index is 14.0. The Morgan fingerprint density at radius 1 is 1.07 bits per heavy atom. The first kappa shape index (κ1) is 26.7. The average Bonchev–Trinajstić information content (AvgIpc) is 3.30. The molecule has 0 aliphatic carbocycles. The molecule has 1 atom stereocenters. The molecule has 1 aromatic heterocycles. The first-order valence-electron chi connectivity index (χ1n) is 12.6. The van der Waals surface area contributed by atoms with E-state index in [0.29, 0.717) is 37.7 Å². The van der Waals surface area contributed by atoms with Crippen LogP contribution in [0.2, 0.25) is 0 Å². The van der Waals surface area contributed by atoms with E-state index < -0.39 is 12.0 Å². The van der Waals surface area contributed by atoms with Crippen molar-refractivity contribution in [3.05, 3.63) is 121 Å². The molecule has 8 nitrogen and oxygen atoms in total. The van der Waals surface area contributed by atoms with Crippen molar-refractivity contribution in [1.29, 1.82) is 5.26 Å². The zero-order valence-corrected chi connectivity index (χ0v) is 22.7. The van der Waals surface area contributed by atoms with Crippen molar-refractivity contribution in [3.63, 3.8) is 0 Å². The van der Waals surface area contributed by atoms with Crippen LogP contribution in [-0.4, -0.2) is 30.9 Å². The highest BCUT2D eigenvalue weighted by Crippen LogP contribution is 2.35. The first-order valence-corrected chi connectivity index (χ1v) is 13.4. The number of nitriles is 1. The maximum absolute atomic E-state index is 14.0.